The summed E-state index contributed by atoms with van der Waals surface area (Å²) in [6, 6.07) is 0.698. The summed E-state index contributed by atoms with van der Waals surface area (Å²) in [5.74, 6) is 0. The van der Waals surface area contributed by atoms with Gasteiger partial charge in [-0.3, -0.25) is 4.90 Å². The Morgan fingerprint density at radius 1 is 1.73 bits per heavy atom. The molecule has 2 heteroatoms. The summed E-state index contributed by atoms with van der Waals surface area (Å²) in [6.45, 7) is 10.6. The zero-order valence-corrected chi connectivity index (χ0v) is 7.34. The molecule has 1 aliphatic heterocycles. The van der Waals surface area contributed by atoms with E-state index in [4.69, 9.17) is 0 Å². The summed E-state index contributed by atoms with van der Waals surface area (Å²) in [6.07, 6.45) is 3.11. The Kier molecular flexibility index (Phi) is 3.60. The van der Waals surface area contributed by atoms with Crippen LogP contribution >= 0.6 is 0 Å². The Labute approximate surface area is 69.3 Å². The van der Waals surface area contributed by atoms with Gasteiger partial charge in [-0.1, -0.05) is 6.08 Å². The van der Waals surface area contributed by atoms with Crippen molar-refractivity contribution in [1.29, 1.82) is 0 Å². The molecule has 0 bridgehead atoms. The molecule has 1 rings (SSSR count). The Morgan fingerprint density at radius 2 is 2.55 bits per heavy atom. The zero-order chi connectivity index (χ0) is 8.10. The van der Waals surface area contributed by atoms with Crippen LogP contribution in [0.5, 0.6) is 0 Å². The maximum absolute atomic E-state index is 3.73. The number of nitrogens with zero attached hydrogens (tertiary/aromatic N) is 1. The summed E-state index contributed by atoms with van der Waals surface area (Å²) in [5, 5.41) is 3.37. The van der Waals surface area contributed by atoms with Crippen molar-refractivity contribution in [2.75, 3.05) is 26.2 Å². The number of hydrogen-bond donors (Lipinski definition) is 1. The highest BCUT2D eigenvalue weighted by atomic mass is 15.2. The third-order valence-corrected chi connectivity index (χ3v) is 2.26. The first-order chi connectivity index (χ1) is 5.34. The van der Waals surface area contributed by atoms with Crippen LogP contribution in [0.4, 0.5) is 0 Å². The average molecular weight is 154 g/mol. The first kappa shape index (κ1) is 8.75. The predicted octanol–water partition coefficient (Wildman–Crippen LogP) is 0.856. The van der Waals surface area contributed by atoms with Crippen molar-refractivity contribution in [3.63, 3.8) is 0 Å². The molecule has 0 radical (unpaired) electrons. The minimum Gasteiger partial charge on any atom is -0.314 e. The van der Waals surface area contributed by atoms with Crippen LogP contribution in [0, 0.1) is 0 Å². The Morgan fingerprint density at radius 3 is 3.18 bits per heavy atom. The fraction of sp³-hybridized carbons (Fsp3) is 0.778. The molecule has 1 heterocycles. The lowest BCUT2D eigenvalue weighted by Crippen LogP contribution is -2.49. The van der Waals surface area contributed by atoms with E-state index in [0.717, 1.165) is 19.5 Å². The Hall–Kier alpha value is -0.340. The van der Waals surface area contributed by atoms with Gasteiger partial charge in [0.15, 0.2) is 0 Å². The third-order valence-electron chi connectivity index (χ3n) is 2.26. The topological polar surface area (TPSA) is 15.3 Å². The van der Waals surface area contributed by atoms with E-state index < -0.39 is 0 Å². The molecule has 1 atom stereocenters. The van der Waals surface area contributed by atoms with Gasteiger partial charge in [0.2, 0.25) is 0 Å². The first-order valence-corrected chi connectivity index (χ1v) is 4.40. The van der Waals surface area contributed by atoms with Gasteiger partial charge in [0.05, 0.1) is 0 Å². The second kappa shape index (κ2) is 4.52. The molecule has 2 nitrogen and oxygen atoms in total. The van der Waals surface area contributed by atoms with E-state index in [1.807, 2.05) is 6.08 Å². The van der Waals surface area contributed by atoms with E-state index in [9.17, 15) is 0 Å². The van der Waals surface area contributed by atoms with Crippen LogP contribution in [-0.4, -0.2) is 37.1 Å². The van der Waals surface area contributed by atoms with E-state index >= 15 is 0 Å². The van der Waals surface area contributed by atoms with Gasteiger partial charge in [0.25, 0.3) is 0 Å². The molecule has 0 aromatic heterocycles. The van der Waals surface area contributed by atoms with Crippen LogP contribution in [0.15, 0.2) is 12.7 Å². The van der Waals surface area contributed by atoms with Crippen molar-refractivity contribution in [3.8, 4) is 0 Å². The van der Waals surface area contributed by atoms with E-state index in [-0.39, 0.29) is 0 Å². The molecule has 1 fully saturated rings. The monoisotopic (exact) mass is 154 g/mol. The zero-order valence-electron chi connectivity index (χ0n) is 7.34. The normalized spacial score (nSPS) is 26.8. The number of nitrogens with one attached hydrogen (secondary N) is 1. The maximum Gasteiger partial charge on any atom is 0.0193 e. The van der Waals surface area contributed by atoms with Crippen LogP contribution < -0.4 is 5.32 Å². The lowest BCUT2D eigenvalue weighted by molar-refractivity contribution is 0.177. The molecular formula is C9H18N2. The molecule has 0 aliphatic carbocycles. The fourth-order valence-corrected chi connectivity index (χ4v) is 1.47. The number of piperazine rings is 1. The van der Waals surface area contributed by atoms with Gasteiger partial charge in [0, 0.05) is 32.2 Å². The van der Waals surface area contributed by atoms with E-state index in [1.54, 1.807) is 0 Å². The van der Waals surface area contributed by atoms with Crippen molar-refractivity contribution in [3.05, 3.63) is 12.7 Å². The maximum atomic E-state index is 3.73. The van der Waals surface area contributed by atoms with Gasteiger partial charge >= 0.3 is 0 Å². The molecule has 1 N–H and O–H groups in total. The number of hydrogen-bond acceptors (Lipinski definition) is 2. The van der Waals surface area contributed by atoms with Crippen LogP contribution in [0.25, 0.3) is 0 Å². The molecule has 11 heavy (non-hydrogen) atoms. The molecule has 0 saturated carbocycles. The third kappa shape index (κ3) is 2.64. The molecule has 1 aliphatic rings. The molecule has 64 valence electrons. The van der Waals surface area contributed by atoms with Gasteiger partial charge in [-0.15, -0.1) is 6.58 Å². The second-order valence-electron chi connectivity index (χ2n) is 3.17. The molecule has 0 amide bonds. The molecular weight excluding hydrogens is 136 g/mol. The van der Waals surface area contributed by atoms with Crippen LogP contribution in [0.1, 0.15) is 13.3 Å². The largest absolute Gasteiger partial charge is 0.314 e. The highest BCUT2D eigenvalue weighted by molar-refractivity contribution is 4.78. The van der Waals surface area contributed by atoms with Gasteiger partial charge in [-0.25, -0.2) is 0 Å². The second-order valence-corrected chi connectivity index (χ2v) is 3.17. The average Bonchev–Trinajstić information content (AvgIpc) is 2.03. The molecule has 0 aromatic rings. The highest BCUT2D eigenvalue weighted by Crippen LogP contribution is 2.02. The smallest absolute Gasteiger partial charge is 0.0193 e. The Bertz CT molecular complexity index is 123. The van der Waals surface area contributed by atoms with Gasteiger partial charge in [-0.05, 0) is 13.3 Å². The van der Waals surface area contributed by atoms with Gasteiger partial charge in [-0.2, -0.15) is 0 Å². The Balaban J connectivity index is 2.23. The van der Waals surface area contributed by atoms with Crippen molar-refractivity contribution in [1.82, 2.24) is 10.2 Å². The van der Waals surface area contributed by atoms with Crippen molar-refractivity contribution < 1.29 is 0 Å². The lowest BCUT2D eigenvalue weighted by Gasteiger charge is -2.33. The van der Waals surface area contributed by atoms with Crippen molar-refractivity contribution in [2.24, 2.45) is 0 Å². The first-order valence-electron chi connectivity index (χ1n) is 4.40. The van der Waals surface area contributed by atoms with E-state index in [0.29, 0.717) is 6.04 Å². The summed E-state index contributed by atoms with van der Waals surface area (Å²) < 4.78 is 0. The van der Waals surface area contributed by atoms with Crippen LogP contribution in [0.2, 0.25) is 0 Å². The minimum absolute atomic E-state index is 0.698. The minimum atomic E-state index is 0.698. The molecule has 0 unspecified atom stereocenters. The fourth-order valence-electron chi connectivity index (χ4n) is 1.47. The van der Waals surface area contributed by atoms with Crippen molar-refractivity contribution >= 4 is 0 Å². The molecule has 1 saturated heterocycles. The summed E-state index contributed by atoms with van der Waals surface area (Å²) in [7, 11) is 0. The van der Waals surface area contributed by atoms with E-state index in [1.165, 1.54) is 13.1 Å². The molecule has 0 aromatic carbocycles. The van der Waals surface area contributed by atoms with Crippen molar-refractivity contribution in [2.45, 2.75) is 19.4 Å². The van der Waals surface area contributed by atoms with Gasteiger partial charge < -0.3 is 5.32 Å². The molecule has 0 spiro atoms. The van der Waals surface area contributed by atoms with Gasteiger partial charge in [0.1, 0.15) is 0 Å². The quantitative estimate of drug-likeness (QED) is 0.606. The highest BCUT2D eigenvalue weighted by Gasteiger charge is 2.15. The van der Waals surface area contributed by atoms with E-state index in [2.05, 4.69) is 23.7 Å². The van der Waals surface area contributed by atoms with Crippen LogP contribution in [0.3, 0.4) is 0 Å². The number of rotatable bonds is 3. The standard InChI is InChI=1S/C9H18N2/c1-3-4-6-11-7-5-10-8-9(11)2/h3,9-10H,1,4-8H2,2H3/t9-/m1/s1. The SMILES string of the molecule is C=CCCN1CCNC[C@H]1C. The summed E-state index contributed by atoms with van der Waals surface area (Å²) in [4.78, 5) is 2.51. The predicted molar refractivity (Wildman–Crippen MR) is 48.7 cm³/mol. The summed E-state index contributed by atoms with van der Waals surface area (Å²) >= 11 is 0. The lowest BCUT2D eigenvalue weighted by atomic mass is 10.2. The summed E-state index contributed by atoms with van der Waals surface area (Å²) in [5.41, 5.74) is 0. The van der Waals surface area contributed by atoms with Crippen LogP contribution in [-0.2, 0) is 0 Å².